The number of rotatable bonds is 11. The number of hydrogen-bond acceptors (Lipinski definition) is 8. The lowest BCUT2D eigenvalue weighted by molar-refractivity contribution is -0.128. The molecule has 0 fully saturated rings. The number of hydrogen-bond donors (Lipinski definition) is 3. The number of aryl methyl sites for hydroxylation is 2. The maximum absolute atomic E-state index is 12.4. The minimum Gasteiger partial charge on any atom is -0.508 e. The molecule has 4 aromatic carbocycles. The van der Waals surface area contributed by atoms with E-state index in [0.29, 0.717) is 30.1 Å². The normalized spacial score (nSPS) is 12.1. The maximum atomic E-state index is 12.4. The highest BCUT2D eigenvalue weighted by molar-refractivity contribution is 5.91. The van der Waals surface area contributed by atoms with Crippen LogP contribution in [-0.4, -0.2) is 47.1 Å². The van der Waals surface area contributed by atoms with Crippen molar-refractivity contribution in [2.45, 2.75) is 19.3 Å². The Hall–Kier alpha value is -4.92. The molecule has 0 aromatic heterocycles. The predicted octanol–water partition coefficient (Wildman–Crippen LogP) is 5.37. The number of fused-ring (bicyclic) bond motifs is 3. The van der Waals surface area contributed by atoms with Crippen LogP contribution in [-0.2, 0) is 17.6 Å². The van der Waals surface area contributed by atoms with Gasteiger partial charge in [-0.3, -0.25) is 0 Å². The fourth-order valence-corrected chi connectivity index (χ4v) is 4.82. The highest BCUT2D eigenvalue weighted by atomic mass is 16.5. The average molecular weight is 581 g/mol. The Balaban J connectivity index is 1.15. The molecular formula is C35H32O8. The molecule has 8 heteroatoms. The number of phenols is 1. The van der Waals surface area contributed by atoms with Gasteiger partial charge in [0.15, 0.2) is 0 Å². The number of phenolic OH excluding ortho intramolecular Hbond substituents is 1. The van der Waals surface area contributed by atoms with Crippen molar-refractivity contribution in [1.29, 1.82) is 0 Å². The van der Waals surface area contributed by atoms with E-state index in [0.717, 1.165) is 35.3 Å². The lowest BCUT2D eigenvalue weighted by Gasteiger charge is -2.21. The molecule has 0 saturated carbocycles. The van der Waals surface area contributed by atoms with E-state index >= 15 is 0 Å². The molecule has 1 aliphatic carbocycles. The van der Waals surface area contributed by atoms with Crippen molar-refractivity contribution < 1.29 is 39.1 Å². The second kappa shape index (κ2) is 13.8. The van der Waals surface area contributed by atoms with Gasteiger partial charge in [0, 0.05) is 25.2 Å². The van der Waals surface area contributed by atoms with Crippen LogP contribution in [0.15, 0.2) is 91.0 Å². The number of esters is 2. The van der Waals surface area contributed by atoms with Gasteiger partial charge in [-0.25, -0.2) is 9.59 Å². The zero-order valence-corrected chi connectivity index (χ0v) is 23.4. The Bertz CT molecular complexity index is 1600. The molecule has 0 unspecified atom stereocenters. The summed E-state index contributed by atoms with van der Waals surface area (Å²) in [4.78, 5) is 24.7. The van der Waals surface area contributed by atoms with E-state index in [2.05, 4.69) is 24.3 Å². The third-order valence-corrected chi connectivity index (χ3v) is 7.24. The predicted molar refractivity (Wildman–Crippen MR) is 161 cm³/mol. The zero-order valence-electron chi connectivity index (χ0n) is 23.4. The summed E-state index contributed by atoms with van der Waals surface area (Å²) in [6.45, 7) is 0.316. The molecule has 0 heterocycles. The SMILES string of the molecule is O=C(/C=C/c1ccc2c(c1)CCc1cc(OCCC(CO)CO)ccc1-2)Oc1ccc(OC(=O)c2ccc(O)cc2)cc1. The van der Waals surface area contributed by atoms with Crippen LogP contribution in [0.5, 0.6) is 23.0 Å². The number of aliphatic hydroxyl groups is 2. The third kappa shape index (κ3) is 7.68. The Labute approximate surface area is 249 Å². The van der Waals surface area contributed by atoms with E-state index in [4.69, 9.17) is 14.2 Å². The van der Waals surface area contributed by atoms with Crippen LogP contribution in [0.4, 0.5) is 0 Å². The first-order valence-electron chi connectivity index (χ1n) is 14.0. The smallest absolute Gasteiger partial charge is 0.343 e. The Morgan fingerprint density at radius 1 is 0.744 bits per heavy atom. The van der Waals surface area contributed by atoms with Crippen molar-refractivity contribution in [3.8, 4) is 34.1 Å². The van der Waals surface area contributed by atoms with Crippen LogP contribution in [0.1, 0.15) is 33.5 Å². The minimum atomic E-state index is -0.567. The third-order valence-electron chi connectivity index (χ3n) is 7.24. The first-order valence-corrected chi connectivity index (χ1v) is 14.0. The molecule has 220 valence electrons. The van der Waals surface area contributed by atoms with Crippen molar-refractivity contribution in [1.82, 2.24) is 0 Å². The monoisotopic (exact) mass is 580 g/mol. The van der Waals surface area contributed by atoms with E-state index in [-0.39, 0.29) is 24.9 Å². The van der Waals surface area contributed by atoms with Crippen LogP contribution in [0.3, 0.4) is 0 Å². The van der Waals surface area contributed by atoms with Crippen LogP contribution in [0, 0.1) is 5.92 Å². The number of aromatic hydroxyl groups is 1. The summed E-state index contributed by atoms with van der Waals surface area (Å²) in [5, 5.41) is 27.8. The molecular weight excluding hydrogens is 548 g/mol. The van der Waals surface area contributed by atoms with Gasteiger partial charge in [-0.2, -0.15) is 0 Å². The van der Waals surface area contributed by atoms with E-state index in [1.54, 1.807) is 18.2 Å². The Morgan fingerprint density at radius 2 is 1.35 bits per heavy atom. The molecule has 0 amide bonds. The number of benzene rings is 4. The van der Waals surface area contributed by atoms with Crippen molar-refractivity contribution in [2.24, 2.45) is 5.92 Å². The number of aliphatic hydroxyl groups excluding tert-OH is 2. The molecule has 3 N–H and O–H groups in total. The molecule has 8 nitrogen and oxygen atoms in total. The Morgan fingerprint density at radius 3 is 2.02 bits per heavy atom. The van der Waals surface area contributed by atoms with Gasteiger partial charge in [-0.05, 0) is 114 Å². The highest BCUT2D eigenvalue weighted by Gasteiger charge is 2.17. The van der Waals surface area contributed by atoms with Gasteiger partial charge in [-0.15, -0.1) is 0 Å². The maximum Gasteiger partial charge on any atom is 0.343 e. The molecule has 0 atom stereocenters. The van der Waals surface area contributed by atoms with Crippen molar-refractivity contribution in [3.63, 3.8) is 0 Å². The molecule has 4 aromatic rings. The molecule has 1 aliphatic rings. The molecule has 0 saturated heterocycles. The van der Waals surface area contributed by atoms with Crippen LogP contribution in [0.2, 0.25) is 0 Å². The van der Waals surface area contributed by atoms with Crippen LogP contribution < -0.4 is 14.2 Å². The van der Waals surface area contributed by atoms with Gasteiger partial charge in [-0.1, -0.05) is 24.3 Å². The molecule has 43 heavy (non-hydrogen) atoms. The largest absolute Gasteiger partial charge is 0.508 e. The van der Waals surface area contributed by atoms with Crippen molar-refractivity contribution in [3.05, 3.63) is 113 Å². The summed E-state index contributed by atoms with van der Waals surface area (Å²) in [6.07, 6.45) is 5.40. The van der Waals surface area contributed by atoms with E-state index in [1.165, 1.54) is 53.6 Å². The first-order chi connectivity index (χ1) is 20.9. The van der Waals surface area contributed by atoms with Crippen LogP contribution in [0.25, 0.3) is 17.2 Å². The molecule has 0 radical (unpaired) electrons. The van der Waals surface area contributed by atoms with Crippen molar-refractivity contribution in [2.75, 3.05) is 19.8 Å². The van der Waals surface area contributed by atoms with Gasteiger partial charge in [0.1, 0.15) is 23.0 Å². The van der Waals surface area contributed by atoms with Gasteiger partial charge >= 0.3 is 11.9 Å². The topological polar surface area (TPSA) is 123 Å². The average Bonchev–Trinajstić information content (AvgIpc) is 3.03. The summed E-state index contributed by atoms with van der Waals surface area (Å²) >= 11 is 0. The van der Waals surface area contributed by atoms with Gasteiger partial charge in [0.05, 0.1) is 12.2 Å². The second-order valence-corrected chi connectivity index (χ2v) is 10.3. The van der Waals surface area contributed by atoms with Gasteiger partial charge < -0.3 is 29.5 Å². The van der Waals surface area contributed by atoms with Crippen molar-refractivity contribution >= 4 is 18.0 Å². The minimum absolute atomic E-state index is 0.0563. The quantitative estimate of drug-likeness (QED) is 0.123. The number of carbonyl (C=O) groups is 2. The van der Waals surface area contributed by atoms with E-state index in [1.807, 2.05) is 12.1 Å². The first kappa shape index (κ1) is 29.6. The molecule has 0 aliphatic heterocycles. The van der Waals surface area contributed by atoms with E-state index in [9.17, 15) is 24.9 Å². The molecule has 0 bridgehead atoms. The lowest BCUT2D eigenvalue weighted by Crippen LogP contribution is -2.15. The number of carbonyl (C=O) groups excluding carboxylic acids is 2. The lowest BCUT2D eigenvalue weighted by atomic mass is 9.84. The molecule has 5 rings (SSSR count). The summed E-state index contributed by atoms with van der Waals surface area (Å²) in [5.74, 6) is 0.170. The Kier molecular flexibility index (Phi) is 9.51. The fraction of sp³-hybridized carbons (Fsp3) is 0.200. The summed E-state index contributed by atoms with van der Waals surface area (Å²) in [7, 11) is 0. The summed E-state index contributed by atoms with van der Waals surface area (Å²) < 4.78 is 16.6. The number of ether oxygens (including phenoxy) is 3. The highest BCUT2D eigenvalue weighted by Crippen LogP contribution is 2.36. The van der Waals surface area contributed by atoms with E-state index < -0.39 is 11.9 Å². The summed E-state index contributed by atoms with van der Waals surface area (Å²) in [5.41, 5.74) is 5.90. The summed E-state index contributed by atoms with van der Waals surface area (Å²) in [6, 6.07) is 24.0. The molecule has 0 spiro atoms. The zero-order chi connectivity index (χ0) is 30.2. The second-order valence-electron chi connectivity index (χ2n) is 10.3. The standard InChI is InChI=1S/C35H32O8/c36-21-24(22-37)17-18-41-31-13-15-33-27(20-31)4-3-26-19-23(1-14-32(26)33)2-16-34(39)42-29-9-11-30(12-10-29)43-35(40)25-5-7-28(38)8-6-25/h1-2,5-16,19-20,24,36-38H,3-4,17-18,21-22H2/b16-2+. The van der Waals surface area contributed by atoms with Gasteiger partial charge in [0.2, 0.25) is 0 Å². The van der Waals surface area contributed by atoms with Gasteiger partial charge in [0.25, 0.3) is 0 Å². The fourth-order valence-electron chi connectivity index (χ4n) is 4.82. The van der Waals surface area contributed by atoms with Crippen LogP contribution >= 0.6 is 0 Å².